The van der Waals surface area contributed by atoms with Crippen molar-refractivity contribution < 1.29 is 12.8 Å². The predicted molar refractivity (Wildman–Crippen MR) is 85.5 cm³/mol. The van der Waals surface area contributed by atoms with Crippen LogP contribution in [0.25, 0.3) is 0 Å². The first-order chi connectivity index (χ1) is 9.99. The molecule has 1 aliphatic rings. The molecule has 0 aromatic heterocycles. The van der Waals surface area contributed by atoms with Crippen LogP contribution in [-0.4, -0.2) is 49.6 Å². The third-order valence-corrected chi connectivity index (χ3v) is 6.36. The molecule has 1 aromatic rings. The van der Waals surface area contributed by atoms with Crippen molar-refractivity contribution in [1.29, 1.82) is 0 Å². The summed E-state index contributed by atoms with van der Waals surface area (Å²) in [6.45, 7) is 3.56. The fourth-order valence-corrected chi connectivity index (χ4v) is 4.73. The van der Waals surface area contributed by atoms with Crippen molar-refractivity contribution in [3.63, 3.8) is 0 Å². The highest BCUT2D eigenvalue weighted by Crippen LogP contribution is 2.14. The molecular formula is C14H21FN2O2S2. The largest absolute Gasteiger partial charge is 0.309 e. The zero-order valence-corrected chi connectivity index (χ0v) is 13.7. The number of thioether (sulfide) groups is 1. The Labute approximate surface area is 130 Å². The van der Waals surface area contributed by atoms with Crippen molar-refractivity contribution in [2.24, 2.45) is 0 Å². The Bertz CT molecular complexity index is 543. The van der Waals surface area contributed by atoms with E-state index in [1.165, 1.54) is 12.1 Å². The van der Waals surface area contributed by atoms with E-state index >= 15 is 0 Å². The molecule has 2 rings (SSSR count). The van der Waals surface area contributed by atoms with Crippen LogP contribution in [0.1, 0.15) is 18.5 Å². The quantitative estimate of drug-likeness (QED) is 0.864. The van der Waals surface area contributed by atoms with Crippen molar-refractivity contribution in [2.45, 2.75) is 13.0 Å². The van der Waals surface area contributed by atoms with Gasteiger partial charge in [-0.3, -0.25) is 0 Å². The van der Waals surface area contributed by atoms with Crippen molar-refractivity contribution in [3.05, 3.63) is 35.6 Å². The van der Waals surface area contributed by atoms with E-state index in [1.54, 1.807) is 28.2 Å². The van der Waals surface area contributed by atoms with Crippen LogP contribution >= 0.6 is 11.8 Å². The van der Waals surface area contributed by atoms with Gasteiger partial charge in [0.15, 0.2) is 0 Å². The summed E-state index contributed by atoms with van der Waals surface area (Å²) >= 11 is 1.79. The molecule has 21 heavy (non-hydrogen) atoms. The number of nitrogens with zero attached hydrogens (tertiary/aromatic N) is 1. The molecule has 0 aliphatic carbocycles. The molecule has 1 fully saturated rings. The summed E-state index contributed by atoms with van der Waals surface area (Å²) in [6.07, 6.45) is 0. The molecule has 1 aromatic carbocycles. The van der Waals surface area contributed by atoms with Crippen LogP contribution in [0.2, 0.25) is 0 Å². The fraction of sp³-hybridized carbons (Fsp3) is 0.571. The molecule has 0 amide bonds. The zero-order valence-electron chi connectivity index (χ0n) is 12.1. The molecule has 1 heterocycles. The van der Waals surface area contributed by atoms with Gasteiger partial charge in [-0.25, -0.2) is 17.1 Å². The molecule has 0 radical (unpaired) electrons. The van der Waals surface area contributed by atoms with Gasteiger partial charge in [-0.05, 0) is 24.6 Å². The minimum absolute atomic E-state index is 0.00212. The molecule has 0 spiro atoms. The summed E-state index contributed by atoms with van der Waals surface area (Å²) in [7, 11) is -3.17. The van der Waals surface area contributed by atoms with Gasteiger partial charge in [0.1, 0.15) is 5.82 Å². The van der Waals surface area contributed by atoms with Gasteiger partial charge in [-0.2, -0.15) is 11.8 Å². The lowest BCUT2D eigenvalue weighted by Gasteiger charge is -2.26. The summed E-state index contributed by atoms with van der Waals surface area (Å²) in [4.78, 5) is 0. The van der Waals surface area contributed by atoms with Gasteiger partial charge in [0.05, 0.1) is 5.75 Å². The molecular weight excluding hydrogens is 311 g/mol. The average molecular weight is 332 g/mol. The van der Waals surface area contributed by atoms with Crippen molar-refractivity contribution in [3.8, 4) is 0 Å². The van der Waals surface area contributed by atoms with Gasteiger partial charge in [0, 0.05) is 37.2 Å². The molecule has 4 nitrogen and oxygen atoms in total. The Morgan fingerprint density at radius 1 is 1.29 bits per heavy atom. The fourth-order valence-electron chi connectivity index (χ4n) is 2.23. The van der Waals surface area contributed by atoms with Gasteiger partial charge in [-0.1, -0.05) is 12.1 Å². The number of hydrogen-bond donors (Lipinski definition) is 1. The highest BCUT2D eigenvalue weighted by Gasteiger charge is 2.23. The topological polar surface area (TPSA) is 49.4 Å². The summed E-state index contributed by atoms with van der Waals surface area (Å²) in [5.74, 6) is 1.58. The van der Waals surface area contributed by atoms with E-state index in [0.29, 0.717) is 19.6 Å². The molecule has 0 saturated carbocycles. The number of halogens is 1. The van der Waals surface area contributed by atoms with Crippen LogP contribution in [0.4, 0.5) is 4.39 Å². The van der Waals surface area contributed by atoms with Crippen molar-refractivity contribution >= 4 is 21.8 Å². The lowest BCUT2D eigenvalue weighted by molar-refractivity contribution is 0.441. The number of benzene rings is 1. The molecule has 118 valence electrons. The van der Waals surface area contributed by atoms with E-state index in [-0.39, 0.29) is 17.6 Å². The normalized spacial score (nSPS) is 18.6. The van der Waals surface area contributed by atoms with E-state index in [0.717, 1.165) is 17.1 Å². The lowest BCUT2D eigenvalue weighted by Crippen LogP contribution is -2.41. The van der Waals surface area contributed by atoms with Crippen LogP contribution in [0.3, 0.4) is 0 Å². The lowest BCUT2D eigenvalue weighted by atomic mass is 10.1. The Kier molecular flexibility index (Phi) is 6.04. The molecule has 1 N–H and O–H groups in total. The van der Waals surface area contributed by atoms with E-state index < -0.39 is 10.0 Å². The Morgan fingerprint density at radius 2 is 1.90 bits per heavy atom. The Balaban J connectivity index is 1.81. The Morgan fingerprint density at radius 3 is 2.52 bits per heavy atom. The maximum absolute atomic E-state index is 12.9. The first kappa shape index (κ1) is 16.7. The smallest absolute Gasteiger partial charge is 0.215 e. The maximum atomic E-state index is 12.9. The molecule has 1 aliphatic heterocycles. The highest BCUT2D eigenvalue weighted by atomic mass is 32.2. The highest BCUT2D eigenvalue weighted by molar-refractivity contribution is 7.99. The summed E-state index contributed by atoms with van der Waals surface area (Å²) in [5, 5.41) is 3.18. The first-order valence-electron chi connectivity index (χ1n) is 7.03. The maximum Gasteiger partial charge on any atom is 0.215 e. The molecule has 1 atom stereocenters. The van der Waals surface area contributed by atoms with Crippen LogP contribution in [-0.2, 0) is 10.0 Å². The van der Waals surface area contributed by atoms with Gasteiger partial charge in [0.2, 0.25) is 10.0 Å². The van der Waals surface area contributed by atoms with Gasteiger partial charge in [-0.15, -0.1) is 0 Å². The Hall–Kier alpha value is -0.630. The minimum atomic E-state index is -3.17. The molecule has 7 heteroatoms. The van der Waals surface area contributed by atoms with E-state index in [1.807, 2.05) is 6.92 Å². The van der Waals surface area contributed by atoms with Crippen molar-refractivity contribution in [1.82, 2.24) is 9.62 Å². The second-order valence-electron chi connectivity index (χ2n) is 5.05. The predicted octanol–water partition coefficient (Wildman–Crippen LogP) is 1.85. The minimum Gasteiger partial charge on any atom is -0.309 e. The zero-order chi connectivity index (χ0) is 15.3. The second-order valence-corrected chi connectivity index (χ2v) is 8.37. The van der Waals surface area contributed by atoms with Crippen LogP contribution in [0.15, 0.2) is 24.3 Å². The first-order valence-corrected chi connectivity index (χ1v) is 9.80. The van der Waals surface area contributed by atoms with E-state index in [4.69, 9.17) is 0 Å². The summed E-state index contributed by atoms with van der Waals surface area (Å²) in [5.41, 5.74) is 0.947. The number of rotatable bonds is 6. The number of sulfonamides is 1. The van der Waals surface area contributed by atoms with Crippen molar-refractivity contribution in [2.75, 3.05) is 36.9 Å². The summed E-state index contributed by atoms with van der Waals surface area (Å²) < 4.78 is 38.8. The van der Waals surface area contributed by atoms with E-state index in [2.05, 4.69) is 5.32 Å². The number of hydrogen-bond acceptors (Lipinski definition) is 4. The van der Waals surface area contributed by atoms with Gasteiger partial charge in [0.25, 0.3) is 0 Å². The monoisotopic (exact) mass is 332 g/mol. The average Bonchev–Trinajstić information content (AvgIpc) is 2.48. The third-order valence-electron chi connectivity index (χ3n) is 3.54. The number of nitrogens with one attached hydrogen (secondary N) is 1. The molecule has 1 saturated heterocycles. The molecule has 0 bridgehead atoms. The SMILES string of the molecule is CC(NCCS(=O)(=O)N1CCSCC1)c1ccc(F)cc1. The van der Waals surface area contributed by atoms with Crippen LogP contribution < -0.4 is 5.32 Å². The van der Waals surface area contributed by atoms with Crippen LogP contribution in [0, 0.1) is 5.82 Å². The second kappa shape index (κ2) is 7.58. The molecule has 1 unspecified atom stereocenters. The van der Waals surface area contributed by atoms with Gasteiger partial charge < -0.3 is 5.32 Å². The van der Waals surface area contributed by atoms with E-state index in [9.17, 15) is 12.8 Å². The van der Waals surface area contributed by atoms with Crippen LogP contribution in [0.5, 0.6) is 0 Å². The third kappa shape index (κ3) is 4.95. The summed E-state index contributed by atoms with van der Waals surface area (Å²) in [6, 6.07) is 6.25. The van der Waals surface area contributed by atoms with Gasteiger partial charge >= 0.3 is 0 Å². The standard InChI is InChI=1S/C14H21FN2O2S2/c1-12(13-2-4-14(15)5-3-13)16-6-11-21(18,19)17-7-9-20-10-8-17/h2-5,12,16H,6-11H2,1H3.